The lowest BCUT2D eigenvalue weighted by molar-refractivity contribution is -0.146. The van der Waals surface area contributed by atoms with Gasteiger partial charge in [0.15, 0.2) is 0 Å². The fourth-order valence-electron chi connectivity index (χ4n) is 4.25. The van der Waals surface area contributed by atoms with Gasteiger partial charge in [0.2, 0.25) is 17.7 Å². The van der Waals surface area contributed by atoms with E-state index in [1.54, 1.807) is 19.1 Å². The number of hydrogen-bond acceptors (Lipinski definition) is 3. The van der Waals surface area contributed by atoms with E-state index in [2.05, 4.69) is 5.32 Å². The molecular formula is C18H16Cl2N2O3. The second kappa shape index (κ2) is 5.85. The normalized spacial score (nSPS) is 30.8. The maximum atomic E-state index is 12.7. The zero-order chi connectivity index (χ0) is 17.9. The van der Waals surface area contributed by atoms with E-state index in [9.17, 15) is 14.4 Å². The largest absolute Gasteiger partial charge is 0.323 e. The van der Waals surface area contributed by atoms with Crippen LogP contribution in [0, 0.1) is 23.7 Å². The van der Waals surface area contributed by atoms with Crippen molar-refractivity contribution >= 4 is 46.6 Å². The van der Waals surface area contributed by atoms with E-state index in [4.69, 9.17) is 23.2 Å². The molecule has 0 radical (unpaired) electrons. The molecule has 1 heterocycles. The molecule has 1 aromatic rings. The Kier molecular flexibility index (Phi) is 3.89. The average Bonchev–Trinajstić information content (AvgIpc) is 3.23. The van der Waals surface area contributed by atoms with Crippen molar-refractivity contribution in [2.24, 2.45) is 23.7 Å². The summed E-state index contributed by atoms with van der Waals surface area (Å²) < 4.78 is 0. The van der Waals surface area contributed by atoms with Crippen molar-refractivity contribution in [2.45, 2.75) is 19.4 Å². The first-order valence-corrected chi connectivity index (χ1v) is 8.95. The summed E-state index contributed by atoms with van der Waals surface area (Å²) in [5.41, 5.74) is 0.393. The number of carbonyl (C=O) groups is 3. The van der Waals surface area contributed by atoms with Crippen LogP contribution in [0.2, 0.25) is 10.0 Å². The number of nitrogens with zero attached hydrogens (tertiary/aromatic N) is 1. The van der Waals surface area contributed by atoms with Gasteiger partial charge in [-0.15, -0.1) is 0 Å². The van der Waals surface area contributed by atoms with Gasteiger partial charge < -0.3 is 5.32 Å². The molecule has 2 aliphatic carbocycles. The molecule has 0 unspecified atom stereocenters. The third-order valence-corrected chi connectivity index (χ3v) is 6.01. The van der Waals surface area contributed by atoms with E-state index >= 15 is 0 Å². The molecule has 0 spiro atoms. The Morgan fingerprint density at radius 3 is 2.32 bits per heavy atom. The predicted octanol–water partition coefficient (Wildman–Crippen LogP) is 3.13. The summed E-state index contributed by atoms with van der Waals surface area (Å²) in [5.74, 6) is -1.30. The molecule has 1 N–H and O–H groups in total. The lowest BCUT2D eigenvalue weighted by Gasteiger charge is -2.24. The summed E-state index contributed by atoms with van der Waals surface area (Å²) in [6, 6.07) is 3.82. The van der Waals surface area contributed by atoms with Gasteiger partial charge in [-0.2, -0.15) is 0 Å². The van der Waals surface area contributed by atoms with E-state index in [0.29, 0.717) is 15.7 Å². The number of likely N-dealkylation sites (tertiary alicyclic amines) is 1. The van der Waals surface area contributed by atoms with Crippen molar-refractivity contribution in [1.82, 2.24) is 4.90 Å². The number of imide groups is 1. The lowest BCUT2D eigenvalue weighted by atomic mass is 9.85. The number of carbonyl (C=O) groups excluding carboxylic acids is 3. The number of amides is 3. The minimum atomic E-state index is -0.892. The Hall–Kier alpha value is -1.85. The third kappa shape index (κ3) is 2.49. The van der Waals surface area contributed by atoms with E-state index < -0.39 is 11.9 Å². The van der Waals surface area contributed by atoms with E-state index in [1.165, 1.54) is 6.07 Å². The molecular weight excluding hydrogens is 363 g/mol. The van der Waals surface area contributed by atoms with E-state index in [1.807, 2.05) is 12.2 Å². The first-order valence-electron chi connectivity index (χ1n) is 8.19. The van der Waals surface area contributed by atoms with Crippen molar-refractivity contribution in [3.8, 4) is 0 Å². The van der Waals surface area contributed by atoms with Crippen LogP contribution in [0.4, 0.5) is 5.69 Å². The van der Waals surface area contributed by atoms with Crippen LogP contribution in [0.15, 0.2) is 30.4 Å². The van der Waals surface area contributed by atoms with Crippen molar-refractivity contribution in [3.05, 3.63) is 40.4 Å². The van der Waals surface area contributed by atoms with Gasteiger partial charge in [0.25, 0.3) is 0 Å². The van der Waals surface area contributed by atoms with Crippen LogP contribution >= 0.6 is 23.2 Å². The fourth-order valence-corrected chi connectivity index (χ4v) is 4.71. The highest BCUT2D eigenvalue weighted by Gasteiger charge is 2.60. The predicted molar refractivity (Wildman–Crippen MR) is 94.1 cm³/mol. The van der Waals surface area contributed by atoms with Crippen molar-refractivity contribution in [3.63, 3.8) is 0 Å². The highest BCUT2D eigenvalue weighted by molar-refractivity contribution is 6.36. The molecule has 1 saturated carbocycles. The highest BCUT2D eigenvalue weighted by atomic mass is 35.5. The number of anilines is 1. The van der Waals surface area contributed by atoms with Gasteiger partial charge in [0.1, 0.15) is 6.04 Å². The Bertz CT molecular complexity index is 793. The van der Waals surface area contributed by atoms with Gasteiger partial charge in [-0.1, -0.05) is 35.4 Å². The number of fused-ring (bicyclic) bond motifs is 5. The molecule has 7 heteroatoms. The first-order chi connectivity index (χ1) is 11.9. The Morgan fingerprint density at radius 2 is 1.76 bits per heavy atom. The average molecular weight is 379 g/mol. The maximum Gasteiger partial charge on any atom is 0.247 e. The lowest BCUT2D eigenvalue weighted by Crippen LogP contribution is -2.46. The van der Waals surface area contributed by atoms with Crippen LogP contribution in [0.25, 0.3) is 0 Å². The monoisotopic (exact) mass is 378 g/mol. The quantitative estimate of drug-likeness (QED) is 0.648. The Morgan fingerprint density at radius 1 is 1.16 bits per heavy atom. The smallest absolute Gasteiger partial charge is 0.247 e. The maximum absolute atomic E-state index is 12.7. The van der Waals surface area contributed by atoms with Gasteiger partial charge in [-0.25, -0.2) is 0 Å². The number of halogens is 2. The second-order valence-electron chi connectivity index (χ2n) is 6.84. The molecule has 5 atom stereocenters. The van der Waals surface area contributed by atoms with Gasteiger partial charge in [-0.05, 0) is 43.4 Å². The van der Waals surface area contributed by atoms with Crippen LogP contribution in [-0.4, -0.2) is 28.7 Å². The molecule has 1 aromatic carbocycles. The minimum absolute atomic E-state index is 0.123. The van der Waals surface area contributed by atoms with Crippen LogP contribution in [0.3, 0.4) is 0 Å². The van der Waals surface area contributed by atoms with Crippen molar-refractivity contribution in [2.75, 3.05) is 5.32 Å². The Balaban J connectivity index is 1.53. The van der Waals surface area contributed by atoms with Crippen LogP contribution in [0.5, 0.6) is 0 Å². The Labute approximate surface area is 155 Å². The second-order valence-corrected chi connectivity index (χ2v) is 7.68. The standard InChI is InChI=1S/C18H16Cl2N2O3/c1-8(16(23)21-13-5-4-11(19)7-12(13)20)22-17(24)14-9-2-3-10(6-9)15(14)18(22)25/h2-5,7-10,14-15H,6H2,1H3,(H,21,23)/t8-,9+,10+,14+,15+/m1/s1. The number of allylic oxidation sites excluding steroid dienone is 2. The summed E-state index contributed by atoms with van der Waals surface area (Å²) in [7, 11) is 0. The van der Waals surface area contributed by atoms with E-state index in [-0.39, 0.29) is 35.5 Å². The summed E-state index contributed by atoms with van der Waals surface area (Å²) in [4.78, 5) is 39.2. The summed E-state index contributed by atoms with van der Waals surface area (Å²) in [5, 5.41) is 3.42. The first kappa shape index (κ1) is 16.6. The molecule has 4 rings (SSSR count). The molecule has 3 amide bonds. The van der Waals surface area contributed by atoms with Crippen molar-refractivity contribution < 1.29 is 14.4 Å². The highest BCUT2D eigenvalue weighted by Crippen LogP contribution is 2.52. The SMILES string of the molecule is C[C@H](C(=O)Nc1ccc(Cl)cc1Cl)N1C(=O)[C@@H]2[C@@H](C1=O)[C@H]1C=C[C@H]2C1. The van der Waals surface area contributed by atoms with Crippen LogP contribution < -0.4 is 5.32 Å². The minimum Gasteiger partial charge on any atom is -0.323 e. The molecule has 5 nitrogen and oxygen atoms in total. The molecule has 0 aromatic heterocycles. The van der Waals surface area contributed by atoms with Crippen molar-refractivity contribution in [1.29, 1.82) is 0 Å². The van der Waals surface area contributed by atoms with Gasteiger partial charge in [0.05, 0.1) is 22.5 Å². The van der Waals surface area contributed by atoms with Gasteiger partial charge >= 0.3 is 0 Å². The molecule has 1 saturated heterocycles. The third-order valence-electron chi connectivity index (χ3n) is 5.46. The van der Waals surface area contributed by atoms with Gasteiger partial charge in [-0.3, -0.25) is 19.3 Å². The molecule has 3 aliphatic rings. The molecule has 1 aliphatic heterocycles. The number of benzene rings is 1. The zero-order valence-corrected chi connectivity index (χ0v) is 14.9. The molecule has 130 valence electrons. The molecule has 2 bridgehead atoms. The molecule has 25 heavy (non-hydrogen) atoms. The fraction of sp³-hybridized carbons (Fsp3) is 0.389. The van der Waals surface area contributed by atoms with Gasteiger partial charge in [0, 0.05) is 5.02 Å². The molecule has 2 fully saturated rings. The number of nitrogens with one attached hydrogen (secondary N) is 1. The number of hydrogen-bond donors (Lipinski definition) is 1. The summed E-state index contributed by atoms with van der Waals surface area (Å²) in [6.45, 7) is 1.56. The number of rotatable bonds is 3. The zero-order valence-electron chi connectivity index (χ0n) is 13.4. The van der Waals surface area contributed by atoms with Crippen LogP contribution in [-0.2, 0) is 14.4 Å². The summed E-state index contributed by atoms with van der Waals surface area (Å²) in [6.07, 6.45) is 4.92. The summed E-state index contributed by atoms with van der Waals surface area (Å²) >= 11 is 11.9. The van der Waals surface area contributed by atoms with E-state index in [0.717, 1.165) is 11.3 Å². The van der Waals surface area contributed by atoms with Crippen LogP contribution in [0.1, 0.15) is 13.3 Å². The topological polar surface area (TPSA) is 66.5 Å².